The van der Waals surface area contributed by atoms with Gasteiger partial charge in [-0.15, -0.1) is 11.8 Å². The molecule has 5 fully saturated rings. The van der Waals surface area contributed by atoms with Gasteiger partial charge < -0.3 is 19.7 Å². The Morgan fingerprint density at radius 3 is 2.52 bits per heavy atom. The highest BCUT2D eigenvalue weighted by Crippen LogP contribution is 2.74. The van der Waals surface area contributed by atoms with Crippen molar-refractivity contribution in [3.05, 3.63) is 39.9 Å². The van der Waals surface area contributed by atoms with E-state index in [4.69, 9.17) is 9.47 Å². The number of rotatable bonds is 5. The van der Waals surface area contributed by atoms with Crippen LogP contribution < -0.4 is 0 Å². The molecule has 6 aliphatic rings. The van der Waals surface area contributed by atoms with Crippen LogP contribution in [-0.4, -0.2) is 57.7 Å². The molecule has 4 aliphatic carbocycles. The number of Topliss-reactive ketones (excluding diaryl/α,β-unsaturated/α-hetero) is 1. The normalized spacial score (nSPS) is 46.7. The number of aliphatic hydroxyl groups excluding tert-OH is 2. The summed E-state index contributed by atoms with van der Waals surface area (Å²) in [4.78, 5) is 27.9. The Hall–Kier alpha value is -1.19. The molecule has 6 nitrogen and oxygen atoms in total. The Morgan fingerprint density at radius 1 is 1.10 bits per heavy atom. The first kappa shape index (κ1) is 29.5. The van der Waals surface area contributed by atoms with E-state index in [-0.39, 0.29) is 53.1 Å². The lowest BCUT2D eigenvalue weighted by Gasteiger charge is -2.59. The van der Waals surface area contributed by atoms with Gasteiger partial charge in [0.25, 0.3) is 0 Å². The molecule has 228 valence electrons. The van der Waals surface area contributed by atoms with E-state index < -0.39 is 17.1 Å². The number of fused-ring (bicyclic) bond motifs is 4. The van der Waals surface area contributed by atoms with Crippen molar-refractivity contribution < 1.29 is 29.3 Å². The molecular formula is C34H43BrO6S. The third kappa shape index (κ3) is 4.00. The molecule has 1 saturated heterocycles. The van der Waals surface area contributed by atoms with E-state index in [0.29, 0.717) is 36.2 Å². The molecule has 12 atom stereocenters. The van der Waals surface area contributed by atoms with E-state index in [1.165, 1.54) is 0 Å². The van der Waals surface area contributed by atoms with Crippen LogP contribution in [0.1, 0.15) is 72.6 Å². The molecule has 0 aromatic heterocycles. The quantitative estimate of drug-likeness (QED) is 0.291. The maximum absolute atomic E-state index is 14.2. The lowest BCUT2D eigenvalue weighted by atomic mass is 9.43. The number of carbonyl (C=O) groups excluding carboxylic acids is 2. The smallest absolute Gasteiger partial charge is 0.336 e. The van der Waals surface area contributed by atoms with Gasteiger partial charge in [-0.05, 0) is 105 Å². The van der Waals surface area contributed by atoms with Crippen LogP contribution in [0.4, 0.5) is 0 Å². The van der Waals surface area contributed by atoms with Crippen molar-refractivity contribution in [2.24, 2.45) is 40.4 Å². The number of hydrogen-bond acceptors (Lipinski definition) is 7. The molecule has 2 aliphatic heterocycles. The van der Waals surface area contributed by atoms with Crippen molar-refractivity contribution in [2.45, 2.75) is 107 Å². The number of epoxide rings is 1. The number of carbonyl (C=O) groups is 2. The Kier molecular flexibility index (Phi) is 7.14. The summed E-state index contributed by atoms with van der Waals surface area (Å²) in [6.07, 6.45) is 5.31. The van der Waals surface area contributed by atoms with Gasteiger partial charge in [0.1, 0.15) is 17.5 Å². The number of thioether (sulfide) groups is 1. The van der Waals surface area contributed by atoms with Crippen LogP contribution in [0.15, 0.2) is 44.8 Å². The van der Waals surface area contributed by atoms with Gasteiger partial charge in [-0.1, -0.05) is 35.4 Å². The maximum Gasteiger partial charge on any atom is 0.336 e. The van der Waals surface area contributed by atoms with Gasteiger partial charge in [-0.3, -0.25) is 4.79 Å². The monoisotopic (exact) mass is 658 g/mol. The average molecular weight is 660 g/mol. The van der Waals surface area contributed by atoms with Crippen molar-refractivity contribution in [2.75, 3.05) is 6.61 Å². The molecular weight excluding hydrogens is 616 g/mol. The summed E-state index contributed by atoms with van der Waals surface area (Å²) in [6, 6.07) is 8.08. The van der Waals surface area contributed by atoms with Crippen molar-refractivity contribution in [3.8, 4) is 0 Å². The Bertz CT molecular complexity index is 1330. The zero-order valence-corrected chi connectivity index (χ0v) is 27.4. The molecule has 1 aromatic rings. The van der Waals surface area contributed by atoms with Crippen molar-refractivity contribution in [1.29, 1.82) is 0 Å². The highest BCUT2D eigenvalue weighted by molar-refractivity contribution is 9.10. The second-order valence-electron chi connectivity index (χ2n) is 14.5. The van der Waals surface area contributed by atoms with E-state index in [2.05, 4.69) is 36.7 Å². The first-order valence-electron chi connectivity index (χ1n) is 15.8. The van der Waals surface area contributed by atoms with Gasteiger partial charge in [0.15, 0.2) is 0 Å². The van der Waals surface area contributed by atoms with Gasteiger partial charge in [0, 0.05) is 27.5 Å². The Labute approximate surface area is 261 Å². The highest BCUT2D eigenvalue weighted by Gasteiger charge is 2.82. The fourth-order valence-corrected chi connectivity index (χ4v) is 12.3. The zero-order chi connectivity index (χ0) is 29.8. The standard InChI is InChI=1S/C34H43BrO6S/c1-17-13-26(40-31(39)22(17)16-36)18(2)23-9-10-24-21-14-29-34(41-29)30(38)27(42-20-7-5-19(35)6-8-20)15-28(37)33(34,4)25(21)11-12-32(23,24)3/h5-8,18,21,23-27,29-30,36,38H,9-16H2,1-4H3/t18-,21-,23+,24-,25-,26+,27-,29+,30-,32+,33-,34-/m0/s1. The molecule has 2 N–H and O–H groups in total. The lowest BCUT2D eigenvalue weighted by Crippen LogP contribution is -2.67. The molecule has 2 heterocycles. The van der Waals surface area contributed by atoms with E-state index in [9.17, 15) is 19.8 Å². The van der Waals surface area contributed by atoms with E-state index in [1.54, 1.807) is 11.8 Å². The van der Waals surface area contributed by atoms with Crippen LogP contribution >= 0.6 is 27.7 Å². The lowest BCUT2D eigenvalue weighted by molar-refractivity contribution is -0.165. The third-order valence-corrected chi connectivity index (χ3v) is 14.9. The van der Waals surface area contributed by atoms with Gasteiger partial charge >= 0.3 is 5.97 Å². The predicted molar refractivity (Wildman–Crippen MR) is 164 cm³/mol. The topological polar surface area (TPSA) is 96.4 Å². The average Bonchev–Trinajstić information content (AvgIpc) is 3.59. The molecule has 0 radical (unpaired) electrons. The molecule has 0 bridgehead atoms. The summed E-state index contributed by atoms with van der Waals surface area (Å²) in [5, 5.41) is 21.3. The van der Waals surface area contributed by atoms with Crippen LogP contribution in [0.25, 0.3) is 0 Å². The second-order valence-corrected chi connectivity index (χ2v) is 16.8. The van der Waals surface area contributed by atoms with Gasteiger partial charge in [-0.25, -0.2) is 4.79 Å². The molecule has 0 amide bonds. The molecule has 42 heavy (non-hydrogen) atoms. The van der Waals surface area contributed by atoms with Crippen LogP contribution in [0.3, 0.4) is 0 Å². The first-order valence-corrected chi connectivity index (χ1v) is 17.4. The number of aliphatic hydroxyl groups is 2. The van der Waals surface area contributed by atoms with Crippen molar-refractivity contribution in [1.82, 2.24) is 0 Å². The summed E-state index contributed by atoms with van der Waals surface area (Å²) in [5.74, 6) is 1.66. The largest absolute Gasteiger partial charge is 0.458 e. The zero-order valence-electron chi connectivity index (χ0n) is 25.0. The number of cyclic esters (lactones) is 1. The number of benzene rings is 1. The van der Waals surface area contributed by atoms with Gasteiger partial charge in [-0.2, -0.15) is 0 Å². The first-order chi connectivity index (χ1) is 20.0. The summed E-state index contributed by atoms with van der Waals surface area (Å²) in [5.41, 5.74) is 0.0458. The molecule has 7 rings (SSSR count). The molecule has 1 spiro atoms. The Balaban J connectivity index is 1.12. The fourth-order valence-electron chi connectivity index (χ4n) is 10.8. The molecule has 8 heteroatoms. The number of ether oxygens (including phenoxy) is 2. The molecule has 0 unspecified atom stereocenters. The number of halogens is 1. The van der Waals surface area contributed by atoms with Crippen LogP contribution in [0, 0.1) is 40.4 Å². The summed E-state index contributed by atoms with van der Waals surface area (Å²) in [6.45, 7) is 8.51. The number of hydrogen-bond donors (Lipinski definition) is 2. The fraction of sp³-hybridized carbons (Fsp3) is 0.706. The maximum atomic E-state index is 14.2. The minimum atomic E-state index is -0.764. The molecule has 4 saturated carbocycles. The Morgan fingerprint density at radius 2 is 1.83 bits per heavy atom. The summed E-state index contributed by atoms with van der Waals surface area (Å²) >= 11 is 5.10. The summed E-state index contributed by atoms with van der Waals surface area (Å²) in [7, 11) is 0. The van der Waals surface area contributed by atoms with E-state index in [0.717, 1.165) is 47.0 Å². The van der Waals surface area contributed by atoms with Crippen molar-refractivity contribution >= 4 is 39.4 Å². The van der Waals surface area contributed by atoms with E-state index in [1.807, 2.05) is 31.2 Å². The number of esters is 1. The third-order valence-electron chi connectivity index (χ3n) is 13.1. The van der Waals surface area contributed by atoms with Crippen LogP contribution in [-0.2, 0) is 19.1 Å². The van der Waals surface area contributed by atoms with E-state index >= 15 is 0 Å². The van der Waals surface area contributed by atoms with Crippen molar-refractivity contribution in [3.63, 3.8) is 0 Å². The van der Waals surface area contributed by atoms with Gasteiger partial charge in [0.05, 0.1) is 29.8 Å². The molecule has 1 aromatic carbocycles. The van der Waals surface area contributed by atoms with Gasteiger partial charge in [0.2, 0.25) is 0 Å². The minimum absolute atomic E-state index is 0.0705. The minimum Gasteiger partial charge on any atom is -0.458 e. The number of ketones is 1. The summed E-state index contributed by atoms with van der Waals surface area (Å²) < 4.78 is 13.5. The van der Waals surface area contributed by atoms with Crippen LogP contribution in [0.5, 0.6) is 0 Å². The predicted octanol–water partition coefficient (Wildman–Crippen LogP) is 6.11. The second kappa shape index (κ2) is 10.2. The highest BCUT2D eigenvalue weighted by atomic mass is 79.9. The SMILES string of the molecule is CC1=C(CO)C(=O)O[C@@H]([C@@H](C)[C@H]2CC[C@H]3[C@@H]4C[C@H]5O[C@]56[C@@H](O)[C@@H](Sc5ccc(Br)cc5)CC(=O)[C@]6(C)[C@H]4CC[C@]23C)C1. The van der Waals surface area contributed by atoms with Crippen LogP contribution in [0.2, 0.25) is 0 Å².